The summed E-state index contributed by atoms with van der Waals surface area (Å²) in [4.78, 5) is 10.8. The fraction of sp³-hybridized carbons (Fsp3) is 0.500. The quantitative estimate of drug-likeness (QED) is 0.923. The van der Waals surface area contributed by atoms with Crippen molar-refractivity contribution >= 4 is 17.6 Å². The lowest BCUT2D eigenvalue weighted by atomic mass is 10.1. The Bertz CT molecular complexity index is 463. The molecule has 1 fully saturated rings. The van der Waals surface area contributed by atoms with E-state index in [-0.39, 0.29) is 6.10 Å². The SMILES string of the molecule is Cc1cc(OCC2CCC(C(=O)O)O2)cc(C)c1Cl. The Morgan fingerprint density at radius 3 is 2.58 bits per heavy atom. The molecule has 0 bridgehead atoms. The molecule has 19 heavy (non-hydrogen) atoms. The van der Waals surface area contributed by atoms with E-state index in [0.717, 1.165) is 21.9 Å². The van der Waals surface area contributed by atoms with E-state index in [2.05, 4.69) is 0 Å². The van der Waals surface area contributed by atoms with Gasteiger partial charge < -0.3 is 14.6 Å². The third-order valence-corrected chi connectivity index (χ3v) is 3.83. The average molecular weight is 285 g/mol. The largest absolute Gasteiger partial charge is 0.491 e. The van der Waals surface area contributed by atoms with Crippen LogP contribution in [0.3, 0.4) is 0 Å². The van der Waals surface area contributed by atoms with Crippen LogP contribution in [0.15, 0.2) is 12.1 Å². The first kappa shape index (κ1) is 14.2. The molecular weight excluding hydrogens is 268 g/mol. The molecule has 1 aromatic carbocycles. The van der Waals surface area contributed by atoms with E-state index in [4.69, 9.17) is 26.2 Å². The van der Waals surface area contributed by atoms with Gasteiger partial charge in [0.25, 0.3) is 0 Å². The van der Waals surface area contributed by atoms with E-state index in [1.165, 1.54) is 0 Å². The van der Waals surface area contributed by atoms with Crippen molar-refractivity contribution in [1.82, 2.24) is 0 Å². The summed E-state index contributed by atoms with van der Waals surface area (Å²) in [6.45, 7) is 4.22. The lowest BCUT2D eigenvalue weighted by molar-refractivity contribution is -0.149. The van der Waals surface area contributed by atoms with Crippen LogP contribution in [-0.4, -0.2) is 29.9 Å². The zero-order valence-corrected chi connectivity index (χ0v) is 11.7. The van der Waals surface area contributed by atoms with Gasteiger partial charge in [0.15, 0.2) is 6.10 Å². The van der Waals surface area contributed by atoms with Crippen molar-refractivity contribution in [3.63, 3.8) is 0 Å². The average Bonchev–Trinajstić information content (AvgIpc) is 2.82. The first-order valence-corrected chi connectivity index (χ1v) is 6.63. The van der Waals surface area contributed by atoms with Crippen LogP contribution in [0, 0.1) is 13.8 Å². The lowest BCUT2D eigenvalue weighted by Crippen LogP contribution is -2.23. The van der Waals surface area contributed by atoms with Crippen molar-refractivity contribution in [3.05, 3.63) is 28.3 Å². The van der Waals surface area contributed by atoms with Crippen LogP contribution in [0.2, 0.25) is 5.02 Å². The van der Waals surface area contributed by atoms with E-state index in [9.17, 15) is 4.79 Å². The molecule has 5 heteroatoms. The maximum absolute atomic E-state index is 10.8. The molecule has 4 nitrogen and oxygen atoms in total. The number of carbonyl (C=O) groups is 1. The summed E-state index contributed by atoms with van der Waals surface area (Å²) in [6, 6.07) is 3.75. The summed E-state index contributed by atoms with van der Waals surface area (Å²) in [5.41, 5.74) is 1.93. The van der Waals surface area contributed by atoms with Crippen molar-refractivity contribution in [3.8, 4) is 5.75 Å². The second-order valence-electron chi connectivity index (χ2n) is 4.84. The predicted molar refractivity (Wildman–Crippen MR) is 72.0 cm³/mol. The summed E-state index contributed by atoms with van der Waals surface area (Å²) in [7, 11) is 0. The van der Waals surface area contributed by atoms with Gasteiger partial charge in [0.05, 0.1) is 6.10 Å². The Morgan fingerprint density at radius 1 is 1.42 bits per heavy atom. The van der Waals surface area contributed by atoms with E-state index in [1.807, 2.05) is 26.0 Å². The van der Waals surface area contributed by atoms with Crippen LogP contribution in [-0.2, 0) is 9.53 Å². The highest BCUT2D eigenvalue weighted by atomic mass is 35.5. The number of aliphatic carboxylic acids is 1. The summed E-state index contributed by atoms with van der Waals surface area (Å²) in [5, 5.41) is 9.58. The summed E-state index contributed by atoms with van der Waals surface area (Å²) in [5.74, 6) is -0.164. The van der Waals surface area contributed by atoms with Gasteiger partial charge in [0, 0.05) is 5.02 Å². The van der Waals surface area contributed by atoms with Crippen LogP contribution < -0.4 is 4.74 Å². The summed E-state index contributed by atoms with van der Waals surface area (Å²) < 4.78 is 11.0. The van der Waals surface area contributed by atoms with Crippen LogP contribution in [0.5, 0.6) is 5.75 Å². The number of hydrogen-bond donors (Lipinski definition) is 1. The second kappa shape index (κ2) is 5.80. The van der Waals surface area contributed by atoms with Gasteiger partial charge in [-0.2, -0.15) is 0 Å². The highest BCUT2D eigenvalue weighted by molar-refractivity contribution is 6.32. The molecule has 1 aliphatic heterocycles. The molecule has 0 amide bonds. The van der Waals surface area contributed by atoms with E-state index < -0.39 is 12.1 Å². The minimum Gasteiger partial charge on any atom is -0.491 e. The zero-order chi connectivity index (χ0) is 14.0. The highest BCUT2D eigenvalue weighted by Gasteiger charge is 2.30. The maximum atomic E-state index is 10.8. The van der Waals surface area contributed by atoms with Crippen molar-refractivity contribution in [1.29, 1.82) is 0 Å². The minimum absolute atomic E-state index is 0.155. The third kappa shape index (κ3) is 3.39. The molecule has 2 unspecified atom stereocenters. The van der Waals surface area contributed by atoms with Crippen LogP contribution in [0.25, 0.3) is 0 Å². The molecule has 104 valence electrons. The minimum atomic E-state index is -0.902. The second-order valence-corrected chi connectivity index (χ2v) is 5.22. The van der Waals surface area contributed by atoms with Gasteiger partial charge in [0.1, 0.15) is 12.4 Å². The first-order valence-electron chi connectivity index (χ1n) is 6.25. The van der Waals surface area contributed by atoms with Crippen molar-refractivity contribution < 1.29 is 19.4 Å². The molecule has 0 aliphatic carbocycles. The molecule has 0 spiro atoms. The number of hydrogen-bond acceptors (Lipinski definition) is 3. The molecule has 1 aromatic rings. The van der Waals surface area contributed by atoms with Gasteiger partial charge in [0.2, 0.25) is 0 Å². The Labute approximate surface area is 117 Å². The third-order valence-electron chi connectivity index (χ3n) is 3.23. The number of carboxylic acid groups (broad SMARTS) is 1. The number of halogens is 1. The van der Waals surface area contributed by atoms with E-state index >= 15 is 0 Å². The number of benzene rings is 1. The Balaban J connectivity index is 1.91. The monoisotopic (exact) mass is 284 g/mol. The number of carboxylic acids is 1. The van der Waals surface area contributed by atoms with E-state index in [0.29, 0.717) is 19.4 Å². The van der Waals surface area contributed by atoms with Crippen molar-refractivity contribution in [2.45, 2.75) is 38.9 Å². The normalized spacial score (nSPS) is 22.5. The first-order chi connectivity index (χ1) is 8.97. The van der Waals surface area contributed by atoms with Gasteiger partial charge in [-0.1, -0.05) is 11.6 Å². The highest BCUT2D eigenvalue weighted by Crippen LogP contribution is 2.27. The summed E-state index contributed by atoms with van der Waals surface area (Å²) >= 11 is 6.09. The number of aryl methyl sites for hydroxylation is 2. The zero-order valence-electron chi connectivity index (χ0n) is 11.0. The molecule has 1 heterocycles. The van der Waals surface area contributed by atoms with Gasteiger partial charge in [-0.25, -0.2) is 4.79 Å². The lowest BCUT2D eigenvalue weighted by Gasteiger charge is -2.14. The molecule has 1 aliphatic rings. The maximum Gasteiger partial charge on any atom is 0.332 e. The van der Waals surface area contributed by atoms with E-state index in [1.54, 1.807) is 0 Å². The smallest absolute Gasteiger partial charge is 0.332 e. The standard InChI is InChI=1S/C14H17ClO4/c1-8-5-11(6-9(2)13(8)15)18-7-10-3-4-12(19-10)14(16)17/h5-6,10,12H,3-4,7H2,1-2H3,(H,16,17). The van der Waals surface area contributed by atoms with Gasteiger partial charge in [-0.05, 0) is 49.9 Å². The summed E-state index contributed by atoms with van der Waals surface area (Å²) in [6.07, 6.45) is 0.407. The molecule has 0 saturated carbocycles. The molecule has 2 rings (SSSR count). The molecular formula is C14H17ClO4. The van der Waals surface area contributed by atoms with Gasteiger partial charge >= 0.3 is 5.97 Å². The molecule has 1 N–H and O–H groups in total. The van der Waals surface area contributed by atoms with Crippen LogP contribution in [0.4, 0.5) is 0 Å². The fourth-order valence-corrected chi connectivity index (χ4v) is 2.30. The predicted octanol–water partition coefficient (Wildman–Crippen LogP) is 2.97. The molecule has 0 aromatic heterocycles. The number of ether oxygens (including phenoxy) is 2. The Hall–Kier alpha value is -1.26. The molecule has 2 atom stereocenters. The topological polar surface area (TPSA) is 55.8 Å². The van der Waals surface area contributed by atoms with Crippen LogP contribution >= 0.6 is 11.6 Å². The van der Waals surface area contributed by atoms with Gasteiger partial charge in [-0.3, -0.25) is 0 Å². The van der Waals surface area contributed by atoms with Crippen molar-refractivity contribution in [2.75, 3.05) is 6.61 Å². The van der Waals surface area contributed by atoms with Crippen LogP contribution in [0.1, 0.15) is 24.0 Å². The molecule has 0 radical (unpaired) electrons. The van der Waals surface area contributed by atoms with Crippen molar-refractivity contribution in [2.24, 2.45) is 0 Å². The number of rotatable bonds is 4. The fourth-order valence-electron chi connectivity index (χ4n) is 2.19. The molecule has 1 saturated heterocycles. The Morgan fingerprint density at radius 2 is 2.05 bits per heavy atom. The van der Waals surface area contributed by atoms with Gasteiger partial charge in [-0.15, -0.1) is 0 Å². The Kier molecular flexibility index (Phi) is 4.32.